The Kier molecular flexibility index (Phi) is 2.35. The van der Waals surface area contributed by atoms with E-state index in [9.17, 15) is 0 Å². The maximum Gasteiger partial charge on any atom is 0.123 e. The lowest BCUT2D eigenvalue weighted by Crippen LogP contribution is -2.11. The Morgan fingerprint density at radius 2 is 2.17 bits per heavy atom. The van der Waals surface area contributed by atoms with Crippen molar-refractivity contribution in [3.05, 3.63) is 11.8 Å². The highest BCUT2D eigenvalue weighted by Gasteiger charge is 2.30. The first-order valence-corrected chi connectivity index (χ1v) is 4.81. The van der Waals surface area contributed by atoms with E-state index >= 15 is 0 Å². The lowest BCUT2D eigenvalue weighted by atomic mass is 10.2. The van der Waals surface area contributed by atoms with Crippen LogP contribution in [0.5, 0.6) is 0 Å². The van der Waals surface area contributed by atoms with Crippen molar-refractivity contribution in [1.82, 2.24) is 0 Å². The van der Waals surface area contributed by atoms with Gasteiger partial charge in [0.25, 0.3) is 0 Å². The molecule has 2 nitrogen and oxygen atoms in total. The van der Waals surface area contributed by atoms with Crippen molar-refractivity contribution in [3.8, 4) is 0 Å². The summed E-state index contributed by atoms with van der Waals surface area (Å²) in [4.78, 5) is 0. The fourth-order valence-corrected chi connectivity index (χ4v) is 1.56. The van der Waals surface area contributed by atoms with Gasteiger partial charge < -0.3 is 9.47 Å². The summed E-state index contributed by atoms with van der Waals surface area (Å²) in [6, 6.07) is 0. The summed E-state index contributed by atoms with van der Waals surface area (Å²) < 4.78 is 10.7. The van der Waals surface area contributed by atoms with Crippen LogP contribution in [0.3, 0.4) is 0 Å². The second-order valence-electron chi connectivity index (χ2n) is 3.70. The number of hydrogen-bond acceptors (Lipinski definition) is 2. The SMILES string of the molecule is CC(OC=C1CCCC1)C1CO1. The Morgan fingerprint density at radius 1 is 1.50 bits per heavy atom. The van der Waals surface area contributed by atoms with Gasteiger partial charge in [0.15, 0.2) is 0 Å². The van der Waals surface area contributed by atoms with Crippen LogP contribution in [0, 0.1) is 0 Å². The summed E-state index contributed by atoms with van der Waals surface area (Å²) in [6.45, 7) is 2.95. The molecule has 1 saturated heterocycles. The van der Waals surface area contributed by atoms with E-state index in [4.69, 9.17) is 9.47 Å². The average molecular weight is 168 g/mol. The number of allylic oxidation sites excluding steroid dienone is 1. The van der Waals surface area contributed by atoms with Crippen LogP contribution in [0.25, 0.3) is 0 Å². The zero-order valence-electron chi connectivity index (χ0n) is 7.58. The fraction of sp³-hybridized carbons (Fsp3) is 0.800. The van der Waals surface area contributed by atoms with Gasteiger partial charge in [0.05, 0.1) is 12.9 Å². The number of rotatable bonds is 3. The molecule has 12 heavy (non-hydrogen) atoms. The van der Waals surface area contributed by atoms with Gasteiger partial charge in [-0.05, 0) is 38.2 Å². The van der Waals surface area contributed by atoms with E-state index in [1.807, 2.05) is 6.26 Å². The van der Waals surface area contributed by atoms with E-state index in [0.717, 1.165) is 6.61 Å². The van der Waals surface area contributed by atoms with Gasteiger partial charge in [-0.3, -0.25) is 0 Å². The van der Waals surface area contributed by atoms with Gasteiger partial charge in [0.1, 0.15) is 12.2 Å². The molecule has 68 valence electrons. The molecule has 0 bridgehead atoms. The van der Waals surface area contributed by atoms with Crippen LogP contribution in [-0.2, 0) is 9.47 Å². The molecule has 1 aliphatic carbocycles. The first kappa shape index (κ1) is 8.11. The van der Waals surface area contributed by atoms with Crippen LogP contribution in [0.1, 0.15) is 32.6 Å². The Bertz CT molecular complexity index is 174. The highest BCUT2D eigenvalue weighted by molar-refractivity contribution is 5.02. The zero-order chi connectivity index (χ0) is 8.39. The largest absolute Gasteiger partial charge is 0.496 e. The second kappa shape index (κ2) is 3.48. The molecule has 0 N–H and O–H groups in total. The Labute approximate surface area is 73.5 Å². The molecule has 2 atom stereocenters. The third-order valence-electron chi connectivity index (χ3n) is 2.58. The molecule has 0 radical (unpaired) electrons. The van der Waals surface area contributed by atoms with Gasteiger partial charge in [-0.15, -0.1) is 0 Å². The third-order valence-corrected chi connectivity index (χ3v) is 2.58. The van der Waals surface area contributed by atoms with E-state index in [1.54, 1.807) is 0 Å². The van der Waals surface area contributed by atoms with E-state index in [1.165, 1.54) is 31.3 Å². The van der Waals surface area contributed by atoms with Gasteiger partial charge in [-0.2, -0.15) is 0 Å². The summed E-state index contributed by atoms with van der Waals surface area (Å²) >= 11 is 0. The molecule has 1 aliphatic heterocycles. The van der Waals surface area contributed by atoms with Crippen molar-refractivity contribution < 1.29 is 9.47 Å². The van der Waals surface area contributed by atoms with Gasteiger partial charge in [0, 0.05) is 0 Å². The van der Waals surface area contributed by atoms with Crippen LogP contribution in [0.2, 0.25) is 0 Å². The maximum absolute atomic E-state index is 5.56. The van der Waals surface area contributed by atoms with Crippen molar-refractivity contribution >= 4 is 0 Å². The maximum atomic E-state index is 5.56. The highest BCUT2D eigenvalue weighted by Crippen LogP contribution is 2.25. The van der Waals surface area contributed by atoms with Crippen molar-refractivity contribution in [2.45, 2.75) is 44.8 Å². The van der Waals surface area contributed by atoms with Crippen molar-refractivity contribution in [2.75, 3.05) is 6.61 Å². The normalized spacial score (nSPS) is 30.1. The lowest BCUT2D eigenvalue weighted by molar-refractivity contribution is 0.125. The molecule has 2 heteroatoms. The van der Waals surface area contributed by atoms with Gasteiger partial charge in [0.2, 0.25) is 0 Å². The number of hydrogen-bond donors (Lipinski definition) is 0. The predicted octanol–water partition coefficient (Wildman–Crippen LogP) is 2.25. The van der Waals surface area contributed by atoms with Crippen LogP contribution < -0.4 is 0 Å². The van der Waals surface area contributed by atoms with Crippen LogP contribution in [-0.4, -0.2) is 18.8 Å². The molecule has 1 heterocycles. The minimum Gasteiger partial charge on any atom is -0.496 e. The van der Waals surface area contributed by atoms with E-state index in [2.05, 4.69) is 6.92 Å². The predicted molar refractivity (Wildman–Crippen MR) is 46.8 cm³/mol. The summed E-state index contributed by atoms with van der Waals surface area (Å²) in [5.74, 6) is 0. The van der Waals surface area contributed by atoms with Crippen molar-refractivity contribution in [1.29, 1.82) is 0 Å². The lowest BCUT2D eigenvalue weighted by Gasteiger charge is -2.08. The molecular formula is C10H16O2. The minimum atomic E-state index is 0.248. The minimum absolute atomic E-state index is 0.248. The second-order valence-corrected chi connectivity index (χ2v) is 3.70. The van der Waals surface area contributed by atoms with Gasteiger partial charge >= 0.3 is 0 Å². The number of ether oxygens (including phenoxy) is 2. The third kappa shape index (κ3) is 2.01. The summed E-state index contributed by atoms with van der Waals surface area (Å²) in [5.41, 5.74) is 1.47. The quantitative estimate of drug-likeness (QED) is 0.476. The fourth-order valence-electron chi connectivity index (χ4n) is 1.56. The first-order valence-electron chi connectivity index (χ1n) is 4.81. The summed E-state index contributed by atoms with van der Waals surface area (Å²) in [5, 5.41) is 0. The Hall–Kier alpha value is -0.500. The smallest absolute Gasteiger partial charge is 0.123 e. The number of epoxide rings is 1. The Morgan fingerprint density at radius 3 is 2.75 bits per heavy atom. The summed E-state index contributed by atoms with van der Waals surface area (Å²) in [6.07, 6.45) is 7.71. The van der Waals surface area contributed by atoms with Gasteiger partial charge in [-0.1, -0.05) is 0 Å². The topological polar surface area (TPSA) is 21.8 Å². The monoisotopic (exact) mass is 168 g/mol. The molecular weight excluding hydrogens is 152 g/mol. The average Bonchev–Trinajstić information content (AvgIpc) is 2.80. The van der Waals surface area contributed by atoms with E-state index in [-0.39, 0.29) is 6.10 Å². The molecule has 2 rings (SSSR count). The Balaban J connectivity index is 1.74. The molecule has 1 saturated carbocycles. The highest BCUT2D eigenvalue weighted by atomic mass is 16.6. The molecule has 0 aromatic rings. The van der Waals surface area contributed by atoms with Gasteiger partial charge in [-0.25, -0.2) is 0 Å². The van der Waals surface area contributed by atoms with Crippen LogP contribution >= 0.6 is 0 Å². The summed E-state index contributed by atoms with van der Waals surface area (Å²) in [7, 11) is 0. The molecule has 2 aliphatic rings. The van der Waals surface area contributed by atoms with E-state index < -0.39 is 0 Å². The van der Waals surface area contributed by atoms with Crippen molar-refractivity contribution in [2.24, 2.45) is 0 Å². The molecule has 2 unspecified atom stereocenters. The molecule has 0 amide bonds. The zero-order valence-corrected chi connectivity index (χ0v) is 7.58. The molecule has 0 aromatic heterocycles. The molecule has 0 spiro atoms. The molecule has 2 fully saturated rings. The van der Waals surface area contributed by atoms with Crippen LogP contribution in [0.4, 0.5) is 0 Å². The molecule has 0 aromatic carbocycles. The standard InChI is InChI=1S/C10H16O2/c1-8(10-7-12-10)11-6-9-4-2-3-5-9/h6,8,10H,2-5,7H2,1H3. The van der Waals surface area contributed by atoms with Crippen molar-refractivity contribution in [3.63, 3.8) is 0 Å². The van der Waals surface area contributed by atoms with Crippen LogP contribution in [0.15, 0.2) is 11.8 Å². The first-order chi connectivity index (χ1) is 5.86. The van der Waals surface area contributed by atoms with E-state index in [0.29, 0.717) is 6.10 Å².